The van der Waals surface area contributed by atoms with E-state index in [1.165, 1.54) is 24.4 Å². The Hall–Kier alpha value is -0.680. The summed E-state index contributed by atoms with van der Waals surface area (Å²) in [6.45, 7) is 2.04. The van der Waals surface area contributed by atoms with Crippen LogP contribution in [0, 0.1) is 0 Å². The SMILES string of the molecule is CC(CO)Nc1nc(C2CC2)ns1. The van der Waals surface area contributed by atoms with Crippen molar-refractivity contribution in [3.8, 4) is 0 Å². The molecular weight excluding hydrogens is 186 g/mol. The minimum atomic E-state index is 0.0556. The summed E-state index contributed by atoms with van der Waals surface area (Å²) in [4.78, 5) is 4.35. The molecule has 1 aliphatic rings. The molecule has 5 heteroatoms. The molecule has 1 fully saturated rings. The van der Waals surface area contributed by atoms with Gasteiger partial charge in [0.05, 0.1) is 6.61 Å². The summed E-state index contributed by atoms with van der Waals surface area (Å²) in [5.41, 5.74) is 0. The maximum atomic E-state index is 8.82. The van der Waals surface area contributed by atoms with Gasteiger partial charge in [0.2, 0.25) is 5.13 Å². The summed E-state index contributed by atoms with van der Waals surface area (Å²) in [7, 11) is 0. The first-order valence-corrected chi connectivity index (χ1v) is 5.28. The Morgan fingerprint density at radius 1 is 1.69 bits per heavy atom. The van der Waals surface area contributed by atoms with Crippen LogP contribution in [0.1, 0.15) is 31.5 Å². The molecule has 1 heterocycles. The second-order valence-corrected chi connectivity index (χ2v) is 4.21. The van der Waals surface area contributed by atoms with Gasteiger partial charge >= 0.3 is 0 Å². The van der Waals surface area contributed by atoms with Crippen molar-refractivity contribution in [3.63, 3.8) is 0 Å². The summed E-state index contributed by atoms with van der Waals surface area (Å²) in [5.74, 6) is 1.58. The van der Waals surface area contributed by atoms with E-state index >= 15 is 0 Å². The molecule has 13 heavy (non-hydrogen) atoms. The van der Waals surface area contributed by atoms with Crippen molar-refractivity contribution in [1.82, 2.24) is 9.36 Å². The van der Waals surface area contributed by atoms with Crippen molar-refractivity contribution < 1.29 is 5.11 Å². The van der Waals surface area contributed by atoms with E-state index in [1.807, 2.05) is 6.92 Å². The normalized spacial score (nSPS) is 18.6. The summed E-state index contributed by atoms with van der Waals surface area (Å²) in [6.07, 6.45) is 2.46. The van der Waals surface area contributed by atoms with Gasteiger partial charge in [-0.2, -0.15) is 4.37 Å². The first kappa shape index (κ1) is 8.90. The average Bonchev–Trinajstić information content (AvgIpc) is 2.88. The Bertz CT molecular complexity index is 285. The van der Waals surface area contributed by atoms with Crippen molar-refractivity contribution in [2.75, 3.05) is 11.9 Å². The Morgan fingerprint density at radius 2 is 2.46 bits per heavy atom. The third kappa shape index (κ3) is 2.16. The van der Waals surface area contributed by atoms with Gasteiger partial charge in [0.25, 0.3) is 0 Å². The van der Waals surface area contributed by atoms with E-state index in [4.69, 9.17) is 5.11 Å². The number of aliphatic hydroxyl groups is 1. The minimum absolute atomic E-state index is 0.0556. The van der Waals surface area contributed by atoms with Crippen LogP contribution in [0.15, 0.2) is 0 Å². The summed E-state index contributed by atoms with van der Waals surface area (Å²) >= 11 is 1.38. The van der Waals surface area contributed by atoms with Crippen LogP contribution in [0.3, 0.4) is 0 Å². The van der Waals surface area contributed by atoms with Crippen LogP contribution >= 0.6 is 11.5 Å². The standard InChI is InChI=1S/C8H13N3OS/c1-5(4-12)9-8-10-7(11-13-8)6-2-3-6/h5-6,12H,2-4H2,1H3,(H,9,10,11). The number of hydrogen-bond donors (Lipinski definition) is 2. The van der Waals surface area contributed by atoms with Gasteiger partial charge in [-0.05, 0) is 19.8 Å². The highest BCUT2D eigenvalue weighted by molar-refractivity contribution is 7.09. The third-order valence-corrected chi connectivity index (χ3v) is 2.69. The highest BCUT2D eigenvalue weighted by Crippen LogP contribution is 2.39. The summed E-state index contributed by atoms with van der Waals surface area (Å²) in [5, 5.41) is 12.7. The number of aromatic nitrogens is 2. The fraction of sp³-hybridized carbons (Fsp3) is 0.750. The van der Waals surface area contributed by atoms with Gasteiger partial charge in [-0.3, -0.25) is 0 Å². The lowest BCUT2D eigenvalue weighted by molar-refractivity contribution is 0.281. The van der Waals surface area contributed by atoms with Crippen LogP contribution in [-0.2, 0) is 0 Å². The molecule has 0 radical (unpaired) electrons. The van der Waals surface area contributed by atoms with Crippen molar-refractivity contribution in [1.29, 1.82) is 0 Å². The van der Waals surface area contributed by atoms with E-state index in [0.717, 1.165) is 11.0 Å². The molecule has 2 rings (SSSR count). The first-order valence-electron chi connectivity index (χ1n) is 4.50. The Kier molecular flexibility index (Phi) is 2.46. The Balaban J connectivity index is 1.96. The first-order chi connectivity index (χ1) is 6.29. The number of nitrogens with zero attached hydrogens (tertiary/aromatic N) is 2. The fourth-order valence-electron chi connectivity index (χ4n) is 1.06. The van der Waals surface area contributed by atoms with Gasteiger partial charge in [0, 0.05) is 23.5 Å². The Morgan fingerprint density at radius 3 is 3.08 bits per heavy atom. The second-order valence-electron chi connectivity index (χ2n) is 3.46. The minimum Gasteiger partial charge on any atom is -0.394 e. The quantitative estimate of drug-likeness (QED) is 0.765. The van der Waals surface area contributed by atoms with E-state index in [0.29, 0.717) is 5.92 Å². The second kappa shape index (κ2) is 3.59. The topological polar surface area (TPSA) is 58.0 Å². The highest BCUT2D eigenvalue weighted by atomic mass is 32.1. The zero-order valence-corrected chi connectivity index (χ0v) is 8.34. The summed E-state index contributed by atoms with van der Waals surface area (Å²) in [6, 6.07) is 0.0556. The maximum Gasteiger partial charge on any atom is 0.202 e. The van der Waals surface area contributed by atoms with E-state index in [9.17, 15) is 0 Å². The zero-order valence-electron chi connectivity index (χ0n) is 7.53. The molecule has 0 saturated heterocycles. The van der Waals surface area contributed by atoms with Crippen LogP contribution in [0.5, 0.6) is 0 Å². The van der Waals surface area contributed by atoms with E-state index in [1.54, 1.807) is 0 Å². The molecule has 1 aliphatic carbocycles. The van der Waals surface area contributed by atoms with E-state index < -0.39 is 0 Å². The van der Waals surface area contributed by atoms with Crippen LogP contribution in [0.25, 0.3) is 0 Å². The molecular formula is C8H13N3OS. The molecule has 0 aliphatic heterocycles. The average molecular weight is 199 g/mol. The van der Waals surface area contributed by atoms with Crippen molar-refractivity contribution >= 4 is 16.7 Å². The predicted octanol–water partition coefficient (Wildman–Crippen LogP) is 1.21. The smallest absolute Gasteiger partial charge is 0.202 e. The molecule has 1 atom stereocenters. The lowest BCUT2D eigenvalue weighted by Crippen LogP contribution is -2.18. The van der Waals surface area contributed by atoms with Gasteiger partial charge in [0.15, 0.2) is 0 Å². The summed E-state index contributed by atoms with van der Waals surface area (Å²) < 4.78 is 4.25. The number of aliphatic hydroxyl groups excluding tert-OH is 1. The van der Waals surface area contributed by atoms with Crippen molar-refractivity contribution in [3.05, 3.63) is 5.82 Å². The zero-order chi connectivity index (χ0) is 9.26. The van der Waals surface area contributed by atoms with Crippen LogP contribution in [0.2, 0.25) is 0 Å². The van der Waals surface area contributed by atoms with Crippen LogP contribution in [-0.4, -0.2) is 27.1 Å². The van der Waals surface area contributed by atoms with Crippen molar-refractivity contribution in [2.24, 2.45) is 0 Å². The fourth-order valence-corrected chi connectivity index (χ4v) is 1.82. The molecule has 1 aromatic heterocycles. The molecule has 0 amide bonds. The molecule has 1 saturated carbocycles. The number of hydrogen-bond acceptors (Lipinski definition) is 5. The predicted molar refractivity (Wildman–Crippen MR) is 52.1 cm³/mol. The van der Waals surface area contributed by atoms with Gasteiger partial charge < -0.3 is 10.4 Å². The molecule has 0 aromatic carbocycles. The van der Waals surface area contributed by atoms with Crippen LogP contribution < -0.4 is 5.32 Å². The number of nitrogens with one attached hydrogen (secondary N) is 1. The molecule has 4 nitrogen and oxygen atoms in total. The van der Waals surface area contributed by atoms with Gasteiger partial charge in [0.1, 0.15) is 5.82 Å². The van der Waals surface area contributed by atoms with E-state index in [-0.39, 0.29) is 12.6 Å². The molecule has 1 unspecified atom stereocenters. The van der Waals surface area contributed by atoms with Crippen molar-refractivity contribution in [2.45, 2.75) is 31.7 Å². The maximum absolute atomic E-state index is 8.82. The van der Waals surface area contributed by atoms with Gasteiger partial charge in [-0.25, -0.2) is 4.98 Å². The molecule has 1 aromatic rings. The highest BCUT2D eigenvalue weighted by Gasteiger charge is 2.27. The third-order valence-electron chi connectivity index (χ3n) is 2.03. The monoisotopic (exact) mass is 199 g/mol. The molecule has 72 valence electrons. The lowest BCUT2D eigenvalue weighted by Gasteiger charge is -2.07. The number of rotatable bonds is 4. The number of anilines is 1. The molecule has 2 N–H and O–H groups in total. The lowest BCUT2D eigenvalue weighted by atomic mass is 10.4. The molecule has 0 spiro atoms. The van der Waals surface area contributed by atoms with Crippen LogP contribution in [0.4, 0.5) is 5.13 Å². The Labute approximate surface area is 81.2 Å². The van der Waals surface area contributed by atoms with Gasteiger partial charge in [-0.15, -0.1) is 0 Å². The van der Waals surface area contributed by atoms with Gasteiger partial charge in [-0.1, -0.05) is 0 Å². The largest absolute Gasteiger partial charge is 0.394 e. The molecule has 0 bridgehead atoms. The van der Waals surface area contributed by atoms with E-state index in [2.05, 4.69) is 14.7 Å².